The number of nitro groups is 1. The van der Waals surface area contributed by atoms with E-state index in [2.05, 4.69) is 0 Å². The lowest BCUT2D eigenvalue weighted by molar-refractivity contribution is -0.386. The van der Waals surface area contributed by atoms with Gasteiger partial charge in [0.25, 0.3) is 0 Å². The molecule has 92 valence electrons. The van der Waals surface area contributed by atoms with E-state index in [0.717, 1.165) is 12.8 Å². The summed E-state index contributed by atoms with van der Waals surface area (Å²) in [5.74, 6) is 0.0124. The molecule has 0 heterocycles. The fourth-order valence-electron chi connectivity index (χ4n) is 1.83. The molecule has 0 unspecified atom stereocenters. The third-order valence-electron chi connectivity index (χ3n) is 3.01. The van der Waals surface area contributed by atoms with Gasteiger partial charge in [0.15, 0.2) is 5.75 Å². The van der Waals surface area contributed by atoms with Gasteiger partial charge in [0.05, 0.1) is 12.0 Å². The Bertz CT molecular complexity index is 457. The summed E-state index contributed by atoms with van der Waals surface area (Å²) in [6.07, 6.45) is 2.08. The predicted octanol–water partition coefficient (Wildman–Crippen LogP) is 1.72. The fourth-order valence-corrected chi connectivity index (χ4v) is 1.83. The van der Waals surface area contributed by atoms with Gasteiger partial charge < -0.3 is 15.6 Å². The number of phenolic OH excluding ortho intramolecular Hbond substituents is 1. The maximum atomic E-state index is 10.8. The summed E-state index contributed by atoms with van der Waals surface area (Å²) in [7, 11) is 1.35. The van der Waals surface area contributed by atoms with Crippen molar-refractivity contribution in [1.29, 1.82) is 0 Å². The maximum Gasteiger partial charge on any atom is 0.314 e. The number of nitrogens with zero attached hydrogens (tertiary/aromatic N) is 1. The minimum atomic E-state index is -0.638. The Balaban J connectivity index is 2.45. The van der Waals surface area contributed by atoms with Crippen molar-refractivity contribution in [2.24, 2.45) is 11.7 Å². The van der Waals surface area contributed by atoms with Gasteiger partial charge in [-0.15, -0.1) is 0 Å². The van der Waals surface area contributed by atoms with Crippen LogP contribution in [0.25, 0.3) is 0 Å². The number of methoxy groups -OCH3 is 1. The lowest BCUT2D eigenvalue weighted by Crippen LogP contribution is -2.12. The monoisotopic (exact) mass is 238 g/mol. The summed E-state index contributed by atoms with van der Waals surface area (Å²) >= 11 is 0. The molecule has 6 heteroatoms. The molecule has 0 amide bonds. The predicted molar refractivity (Wildman–Crippen MR) is 61.0 cm³/mol. The molecule has 1 fully saturated rings. The van der Waals surface area contributed by atoms with Crippen LogP contribution in [0.4, 0.5) is 5.69 Å². The number of rotatable bonds is 4. The average molecular weight is 238 g/mol. The summed E-state index contributed by atoms with van der Waals surface area (Å²) < 4.78 is 4.92. The number of aromatic hydroxyl groups is 1. The van der Waals surface area contributed by atoms with E-state index in [9.17, 15) is 15.2 Å². The molecule has 1 aliphatic carbocycles. The van der Waals surface area contributed by atoms with Crippen LogP contribution in [0.3, 0.4) is 0 Å². The number of ether oxygens (including phenoxy) is 1. The first-order chi connectivity index (χ1) is 8.04. The number of benzene rings is 1. The van der Waals surface area contributed by atoms with Crippen molar-refractivity contribution in [1.82, 2.24) is 0 Å². The summed E-state index contributed by atoms with van der Waals surface area (Å²) in [5.41, 5.74) is 6.25. The Morgan fingerprint density at radius 1 is 1.59 bits per heavy atom. The van der Waals surface area contributed by atoms with Gasteiger partial charge in [0.2, 0.25) is 5.75 Å². The van der Waals surface area contributed by atoms with Crippen LogP contribution in [-0.4, -0.2) is 17.1 Å². The molecule has 3 N–H and O–H groups in total. The quantitative estimate of drug-likeness (QED) is 0.614. The Morgan fingerprint density at radius 3 is 2.71 bits per heavy atom. The van der Waals surface area contributed by atoms with Crippen molar-refractivity contribution in [3.63, 3.8) is 0 Å². The van der Waals surface area contributed by atoms with Crippen LogP contribution in [0.15, 0.2) is 12.1 Å². The van der Waals surface area contributed by atoms with Crippen LogP contribution in [0.1, 0.15) is 24.4 Å². The van der Waals surface area contributed by atoms with Crippen LogP contribution >= 0.6 is 0 Å². The molecular weight excluding hydrogens is 224 g/mol. The largest absolute Gasteiger partial charge is 0.500 e. The summed E-state index contributed by atoms with van der Waals surface area (Å²) in [6.45, 7) is 0. The molecule has 1 atom stereocenters. The molecule has 6 nitrogen and oxygen atoms in total. The number of nitrogens with two attached hydrogens (primary N) is 1. The third-order valence-corrected chi connectivity index (χ3v) is 3.01. The Labute approximate surface area is 98.2 Å². The van der Waals surface area contributed by atoms with Crippen molar-refractivity contribution in [3.05, 3.63) is 27.8 Å². The van der Waals surface area contributed by atoms with Crippen LogP contribution in [-0.2, 0) is 0 Å². The normalized spacial score (nSPS) is 16.6. The minimum absolute atomic E-state index is 0.0882. The highest BCUT2D eigenvalue weighted by Crippen LogP contribution is 2.44. The summed E-state index contributed by atoms with van der Waals surface area (Å²) in [5, 5.41) is 20.4. The van der Waals surface area contributed by atoms with Crippen LogP contribution < -0.4 is 10.5 Å². The summed E-state index contributed by atoms with van der Waals surface area (Å²) in [4.78, 5) is 10.2. The highest BCUT2D eigenvalue weighted by molar-refractivity contribution is 5.57. The van der Waals surface area contributed by atoms with Crippen LogP contribution in [0, 0.1) is 16.0 Å². The van der Waals surface area contributed by atoms with Gasteiger partial charge in [-0.1, -0.05) is 0 Å². The molecule has 1 aromatic rings. The van der Waals surface area contributed by atoms with E-state index in [1.807, 2.05) is 0 Å². The number of hydrogen-bond donors (Lipinski definition) is 2. The fraction of sp³-hybridized carbons (Fsp3) is 0.455. The zero-order valence-electron chi connectivity index (χ0n) is 9.42. The molecule has 0 radical (unpaired) electrons. The Morgan fingerprint density at radius 2 is 2.24 bits per heavy atom. The molecule has 1 saturated carbocycles. The zero-order valence-corrected chi connectivity index (χ0v) is 9.42. The molecule has 0 spiro atoms. The molecule has 0 aromatic heterocycles. The van der Waals surface area contributed by atoms with Gasteiger partial charge in [-0.05, 0) is 30.4 Å². The van der Waals surface area contributed by atoms with E-state index in [1.54, 1.807) is 6.07 Å². The van der Waals surface area contributed by atoms with Crippen LogP contribution in [0.5, 0.6) is 11.5 Å². The van der Waals surface area contributed by atoms with Crippen molar-refractivity contribution < 1.29 is 14.8 Å². The van der Waals surface area contributed by atoms with Crippen molar-refractivity contribution in [2.45, 2.75) is 18.9 Å². The zero-order chi connectivity index (χ0) is 12.6. The molecule has 17 heavy (non-hydrogen) atoms. The second-order valence-corrected chi connectivity index (χ2v) is 4.21. The van der Waals surface area contributed by atoms with E-state index in [0.29, 0.717) is 11.5 Å². The van der Waals surface area contributed by atoms with Gasteiger partial charge in [0, 0.05) is 12.1 Å². The molecule has 0 saturated heterocycles. The second-order valence-electron chi connectivity index (χ2n) is 4.21. The minimum Gasteiger partial charge on any atom is -0.500 e. The molecule has 2 rings (SSSR count). The van der Waals surface area contributed by atoms with Crippen molar-refractivity contribution in [3.8, 4) is 11.5 Å². The van der Waals surface area contributed by atoms with E-state index < -0.39 is 10.7 Å². The van der Waals surface area contributed by atoms with E-state index in [1.165, 1.54) is 13.2 Å². The van der Waals surface area contributed by atoms with Gasteiger partial charge in [-0.2, -0.15) is 0 Å². The second kappa shape index (κ2) is 4.21. The van der Waals surface area contributed by atoms with E-state index >= 15 is 0 Å². The topological polar surface area (TPSA) is 98.6 Å². The highest BCUT2D eigenvalue weighted by atomic mass is 16.6. The lowest BCUT2D eigenvalue weighted by Gasteiger charge is -2.13. The first-order valence-corrected chi connectivity index (χ1v) is 5.35. The highest BCUT2D eigenvalue weighted by Gasteiger charge is 2.32. The number of nitro benzene ring substituents is 1. The van der Waals surface area contributed by atoms with Crippen molar-refractivity contribution in [2.75, 3.05) is 7.11 Å². The summed E-state index contributed by atoms with van der Waals surface area (Å²) in [6, 6.07) is 2.65. The standard InChI is InChI=1S/C11H14N2O4/c1-17-9-5-7(10(12)6-2-3-6)4-8(11(9)14)13(15)16/h4-6,10,14H,2-3,12H2,1H3/t10-/m1/s1. The first kappa shape index (κ1) is 11.7. The Hall–Kier alpha value is -1.82. The average Bonchev–Trinajstić information content (AvgIpc) is 3.12. The number of hydrogen-bond acceptors (Lipinski definition) is 5. The number of phenols is 1. The Kier molecular flexibility index (Phi) is 2.89. The SMILES string of the molecule is COc1cc([C@H](N)C2CC2)cc([N+](=O)[O-])c1O. The smallest absolute Gasteiger partial charge is 0.314 e. The van der Waals surface area contributed by atoms with Crippen molar-refractivity contribution >= 4 is 5.69 Å². The molecule has 0 aliphatic heterocycles. The maximum absolute atomic E-state index is 10.8. The molecule has 1 aliphatic rings. The van der Waals surface area contributed by atoms with Crippen LogP contribution in [0.2, 0.25) is 0 Å². The molecular formula is C11H14N2O4. The van der Waals surface area contributed by atoms with Gasteiger partial charge in [0.1, 0.15) is 0 Å². The van der Waals surface area contributed by atoms with E-state index in [-0.39, 0.29) is 17.5 Å². The van der Waals surface area contributed by atoms with Gasteiger partial charge >= 0.3 is 5.69 Å². The molecule has 1 aromatic carbocycles. The van der Waals surface area contributed by atoms with Gasteiger partial charge in [-0.3, -0.25) is 10.1 Å². The van der Waals surface area contributed by atoms with Gasteiger partial charge in [-0.25, -0.2) is 0 Å². The lowest BCUT2D eigenvalue weighted by atomic mass is 10.0. The third kappa shape index (κ3) is 2.16. The first-order valence-electron chi connectivity index (χ1n) is 5.35. The van der Waals surface area contributed by atoms with E-state index in [4.69, 9.17) is 10.5 Å². The molecule has 0 bridgehead atoms.